The van der Waals surface area contributed by atoms with Gasteiger partial charge < -0.3 is 9.84 Å². The Kier molecular flexibility index (Phi) is 6.13. The number of nitrogens with zero attached hydrogens (tertiary/aromatic N) is 3. The number of hydrogen-bond acceptors (Lipinski definition) is 5. The van der Waals surface area contributed by atoms with Gasteiger partial charge in [0.25, 0.3) is 5.89 Å². The normalized spacial score (nSPS) is 16.7. The summed E-state index contributed by atoms with van der Waals surface area (Å²) in [6, 6.07) is 17.4. The number of aromatic nitrogens is 2. The molecule has 2 heterocycles. The summed E-state index contributed by atoms with van der Waals surface area (Å²) >= 11 is 1.68. The van der Waals surface area contributed by atoms with Crippen LogP contribution in [0.1, 0.15) is 38.3 Å². The summed E-state index contributed by atoms with van der Waals surface area (Å²) in [7, 11) is 0. The highest BCUT2D eigenvalue weighted by molar-refractivity contribution is 7.98. The van der Waals surface area contributed by atoms with Crippen LogP contribution in [0.3, 0.4) is 0 Å². The number of carbonyl (C=O) groups is 1. The van der Waals surface area contributed by atoms with E-state index in [1.165, 1.54) is 4.90 Å². The van der Waals surface area contributed by atoms with Gasteiger partial charge in [0.1, 0.15) is 0 Å². The molecule has 1 unspecified atom stereocenters. The summed E-state index contributed by atoms with van der Waals surface area (Å²) in [5, 5.41) is 7.35. The topological polar surface area (TPSA) is 71.3 Å². The number of hydrogen-bond donors (Lipinski definition) is 1. The number of benzene rings is 2. The molecule has 2 aromatic carbocycles. The van der Waals surface area contributed by atoms with Crippen LogP contribution < -0.4 is 5.32 Å². The molecule has 6 nitrogen and oxygen atoms in total. The zero-order valence-corrected chi connectivity index (χ0v) is 18.9. The molecule has 1 aromatic heterocycles. The van der Waals surface area contributed by atoms with Gasteiger partial charge in [-0.3, -0.25) is 4.90 Å². The number of urea groups is 1. The van der Waals surface area contributed by atoms with Crippen molar-refractivity contribution in [1.29, 1.82) is 0 Å². The highest BCUT2D eigenvalue weighted by atomic mass is 32.2. The molecule has 1 N–H and O–H groups in total. The van der Waals surface area contributed by atoms with E-state index in [0.717, 1.165) is 22.4 Å². The predicted molar refractivity (Wildman–Crippen MR) is 123 cm³/mol. The molecule has 1 aliphatic rings. The van der Waals surface area contributed by atoms with E-state index in [4.69, 9.17) is 4.52 Å². The highest BCUT2D eigenvalue weighted by Crippen LogP contribution is 2.38. The number of allylic oxidation sites excluding steroid dienone is 1. The van der Waals surface area contributed by atoms with E-state index >= 15 is 0 Å². The molecule has 0 radical (unpaired) electrons. The van der Waals surface area contributed by atoms with Crippen LogP contribution in [0.5, 0.6) is 0 Å². The summed E-state index contributed by atoms with van der Waals surface area (Å²) in [5.74, 6) is 1.27. The molecule has 1 atom stereocenters. The second-order valence-electron chi connectivity index (χ2n) is 7.95. The number of nitrogens with one attached hydrogen (secondary N) is 1. The maximum Gasteiger partial charge on any atom is 0.322 e. The zero-order valence-electron chi connectivity index (χ0n) is 18.1. The summed E-state index contributed by atoms with van der Waals surface area (Å²) in [6.07, 6.45) is 2.04. The number of carbonyl (C=O) groups excluding carboxylic acids is 1. The minimum absolute atomic E-state index is 0.114. The summed E-state index contributed by atoms with van der Waals surface area (Å²) < 4.78 is 5.71. The lowest BCUT2D eigenvalue weighted by atomic mass is 9.94. The fourth-order valence-corrected chi connectivity index (χ4v) is 4.14. The van der Waals surface area contributed by atoms with Crippen molar-refractivity contribution < 1.29 is 9.32 Å². The van der Waals surface area contributed by atoms with Gasteiger partial charge in [0, 0.05) is 22.7 Å². The fourth-order valence-electron chi connectivity index (χ4n) is 3.73. The molecule has 160 valence electrons. The molecule has 0 saturated heterocycles. The maximum atomic E-state index is 13.0. The second kappa shape index (κ2) is 8.98. The van der Waals surface area contributed by atoms with Crippen molar-refractivity contribution in [1.82, 2.24) is 20.4 Å². The standard InChI is InChI=1S/C24H26N4O2S/c1-15(2)14-28-16(3)20(23-26-22(27-30-23)18-8-6-5-7-9-18)21(25-24(28)29)17-10-12-19(31-4)13-11-17/h5-13,15,21H,14H2,1-4H3,(H,25,29). The van der Waals surface area contributed by atoms with Gasteiger partial charge in [-0.25, -0.2) is 4.79 Å². The van der Waals surface area contributed by atoms with Gasteiger partial charge in [-0.15, -0.1) is 11.8 Å². The Morgan fingerprint density at radius 1 is 1.13 bits per heavy atom. The molecule has 3 aromatic rings. The van der Waals surface area contributed by atoms with Gasteiger partial charge in [0.05, 0.1) is 11.6 Å². The monoisotopic (exact) mass is 434 g/mol. The van der Waals surface area contributed by atoms with Crippen LogP contribution in [0.25, 0.3) is 17.0 Å². The molecule has 0 bridgehead atoms. The number of thioether (sulfide) groups is 1. The minimum Gasteiger partial charge on any atom is -0.334 e. The Labute approximate surface area is 186 Å². The van der Waals surface area contributed by atoms with Crippen LogP contribution in [-0.4, -0.2) is 33.9 Å². The zero-order chi connectivity index (χ0) is 22.0. The van der Waals surface area contributed by atoms with Crippen LogP contribution in [0, 0.1) is 5.92 Å². The Hall–Kier alpha value is -3.06. The van der Waals surface area contributed by atoms with Crippen LogP contribution in [0.2, 0.25) is 0 Å². The Morgan fingerprint density at radius 2 is 1.84 bits per heavy atom. The van der Waals surface area contributed by atoms with Crippen molar-refractivity contribution in [2.75, 3.05) is 12.8 Å². The molecule has 0 fully saturated rings. The van der Waals surface area contributed by atoms with Crippen molar-refractivity contribution in [2.24, 2.45) is 5.92 Å². The van der Waals surface area contributed by atoms with Crippen LogP contribution in [-0.2, 0) is 0 Å². The second-order valence-corrected chi connectivity index (χ2v) is 8.83. The van der Waals surface area contributed by atoms with Crippen LogP contribution in [0.4, 0.5) is 4.79 Å². The predicted octanol–water partition coefficient (Wildman–Crippen LogP) is 5.61. The van der Waals surface area contributed by atoms with E-state index < -0.39 is 0 Å². The molecule has 7 heteroatoms. The molecular formula is C24H26N4O2S. The number of rotatable bonds is 6. The van der Waals surface area contributed by atoms with Gasteiger partial charge in [-0.2, -0.15) is 4.98 Å². The quantitative estimate of drug-likeness (QED) is 0.511. The van der Waals surface area contributed by atoms with Crippen molar-refractivity contribution >= 4 is 23.4 Å². The first-order valence-corrected chi connectivity index (χ1v) is 11.5. The first-order valence-electron chi connectivity index (χ1n) is 10.3. The first-order chi connectivity index (χ1) is 15.0. The van der Waals surface area contributed by atoms with Crippen molar-refractivity contribution in [3.8, 4) is 11.4 Å². The molecule has 0 spiro atoms. The van der Waals surface area contributed by atoms with Crippen molar-refractivity contribution in [2.45, 2.75) is 31.7 Å². The third-order valence-electron chi connectivity index (χ3n) is 5.28. The molecule has 0 aliphatic carbocycles. The van der Waals surface area contributed by atoms with Gasteiger partial charge in [0.15, 0.2) is 0 Å². The van der Waals surface area contributed by atoms with E-state index in [9.17, 15) is 4.79 Å². The Bertz CT molecular complexity index is 1090. The molecule has 4 rings (SSSR count). The van der Waals surface area contributed by atoms with E-state index in [-0.39, 0.29) is 12.1 Å². The van der Waals surface area contributed by atoms with E-state index in [1.807, 2.05) is 55.6 Å². The highest BCUT2D eigenvalue weighted by Gasteiger charge is 2.35. The molecule has 0 saturated carbocycles. The average molecular weight is 435 g/mol. The number of amides is 2. The maximum absolute atomic E-state index is 13.0. The third-order valence-corrected chi connectivity index (χ3v) is 6.03. The van der Waals surface area contributed by atoms with Crippen LogP contribution in [0.15, 0.2) is 69.7 Å². The summed E-state index contributed by atoms with van der Waals surface area (Å²) in [5.41, 5.74) is 3.52. The van der Waals surface area contributed by atoms with E-state index in [1.54, 1.807) is 16.7 Å². The molecule has 1 aliphatic heterocycles. The van der Waals surface area contributed by atoms with Gasteiger partial charge in [-0.05, 0) is 36.8 Å². The smallest absolute Gasteiger partial charge is 0.322 e. The lowest BCUT2D eigenvalue weighted by Gasteiger charge is -2.36. The SMILES string of the molecule is CSc1ccc(C2NC(=O)N(CC(C)C)C(C)=C2c2nc(-c3ccccc3)no2)cc1. The minimum atomic E-state index is -0.365. The molecule has 31 heavy (non-hydrogen) atoms. The van der Waals surface area contributed by atoms with E-state index in [2.05, 4.69) is 41.4 Å². The largest absolute Gasteiger partial charge is 0.334 e. The van der Waals surface area contributed by atoms with Crippen molar-refractivity contribution in [3.63, 3.8) is 0 Å². The molecule has 2 amide bonds. The fraction of sp³-hybridized carbons (Fsp3) is 0.292. The lowest BCUT2D eigenvalue weighted by Crippen LogP contribution is -2.47. The van der Waals surface area contributed by atoms with Crippen LogP contribution >= 0.6 is 11.8 Å². The molecular weight excluding hydrogens is 408 g/mol. The average Bonchev–Trinajstić information content (AvgIpc) is 3.26. The summed E-state index contributed by atoms with van der Waals surface area (Å²) in [4.78, 5) is 20.6. The Balaban J connectivity index is 1.80. The van der Waals surface area contributed by atoms with Gasteiger partial charge >= 0.3 is 6.03 Å². The van der Waals surface area contributed by atoms with Crippen molar-refractivity contribution in [3.05, 3.63) is 71.7 Å². The van der Waals surface area contributed by atoms with Gasteiger partial charge in [-0.1, -0.05) is 61.5 Å². The van der Waals surface area contributed by atoms with E-state index in [0.29, 0.717) is 24.2 Å². The lowest BCUT2D eigenvalue weighted by molar-refractivity contribution is 0.199. The van der Waals surface area contributed by atoms with Gasteiger partial charge in [0.2, 0.25) is 5.82 Å². The summed E-state index contributed by atoms with van der Waals surface area (Å²) in [6.45, 7) is 6.74. The third kappa shape index (κ3) is 4.37. The Morgan fingerprint density at radius 3 is 2.48 bits per heavy atom. The first kappa shape index (κ1) is 21.2.